The Morgan fingerprint density at radius 3 is 2.90 bits per heavy atom. The Labute approximate surface area is 60.1 Å². The molecule has 0 unspecified atom stereocenters. The van der Waals surface area contributed by atoms with Gasteiger partial charge in [0.15, 0.2) is 0 Å². The second-order valence-electron chi connectivity index (χ2n) is 1.63. The SMILES string of the molecule is CC=CC(=O)NCC=CO. The van der Waals surface area contributed by atoms with E-state index in [4.69, 9.17) is 5.11 Å². The second-order valence-corrected chi connectivity index (χ2v) is 1.63. The molecular formula is C7H11NO2. The van der Waals surface area contributed by atoms with E-state index < -0.39 is 0 Å². The lowest BCUT2D eigenvalue weighted by Crippen LogP contribution is -2.20. The number of carbonyl (C=O) groups excluding carboxylic acids is 1. The van der Waals surface area contributed by atoms with Gasteiger partial charge in [-0.15, -0.1) is 0 Å². The number of rotatable bonds is 3. The van der Waals surface area contributed by atoms with Crippen LogP contribution in [0, 0.1) is 0 Å². The molecule has 2 N–H and O–H groups in total. The van der Waals surface area contributed by atoms with Crippen molar-refractivity contribution in [3.8, 4) is 0 Å². The van der Waals surface area contributed by atoms with Crippen molar-refractivity contribution in [2.45, 2.75) is 6.92 Å². The minimum Gasteiger partial charge on any atom is -0.516 e. The van der Waals surface area contributed by atoms with E-state index in [0.717, 1.165) is 6.26 Å². The first-order valence-electron chi connectivity index (χ1n) is 3.01. The van der Waals surface area contributed by atoms with Crippen molar-refractivity contribution in [2.75, 3.05) is 6.54 Å². The van der Waals surface area contributed by atoms with Crippen molar-refractivity contribution in [3.63, 3.8) is 0 Å². The quantitative estimate of drug-likeness (QED) is 0.450. The van der Waals surface area contributed by atoms with E-state index in [0.29, 0.717) is 6.54 Å². The predicted octanol–water partition coefficient (Wildman–Crippen LogP) is 0.750. The van der Waals surface area contributed by atoms with Gasteiger partial charge in [-0.2, -0.15) is 0 Å². The van der Waals surface area contributed by atoms with Crippen LogP contribution >= 0.6 is 0 Å². The number of hydrogen-bond acceptors (Lipinski definition) is 2. The Kier molecular flexibility index (Phi) is 5.14. The summed E-state index contributed by atoms with van der Waals surface area (Å²) < 4.78 is 0. The molecule has 0 aromatic heterocycles. The zero-order valence-corrected chi connectivity index (χ0v) is 5.87. The molecular weight excluding hydrogens is 130 g/mol. The highest BCUT2D eigenvalue weighted by molar-refractivity contribution is 5.87. The summed E-state index contributed by atoms with van der Waals surface area (Å²) in [4.78, 5) is 10.6. The molecule has 0 fully saturated rings. The van der Waals surface area contributed by atoms with E-state index in [9.17, 15) is 4.79 Å². The van der Waals surface area contributed by atoms with E-state index in [1.54, 1.807) is 13.0 Å². The Balaban J connectivity index is 3.40. The molecule has 3 heteroatoms. The summed E-state index contributed by atoms with van der Waals surface area (Å²) in [5.41, 5.74) is 0. The van der Waals surface area contributed by atoms with Crippen molar-refractivity contribution in [3.05, 3.63) is 24.5 Å². The van der Waals surface area contributed by atoms with Crippen LogP contribution < -0.4 is 5.32 Å². The van der Waals surface area contributed by atoms with Crippen molar-refractivity contribution in [2.24, 2.45) is 0 Å². The van der Waals surface area contributed by atoms with Crippen molar-refractivity contribution in [1.29, 1.82) is 0 Å². The van der Waals surface area contributed by atoms with Crippen LogP contribution in [0.25, 0.3) is 0 Å². The average Bonchev–Trinajstić information content (AvgIpc) is 1.89. The Bertz CT molecular complexity index is 150. The minimum atomic E-state index is -0.152. The summed E-state index contributed by atoms with van der Waals surface area (Å²) >= 11 is 0. The van der Waals surface area contributed by atoms with Crippen molar-refractivity contribution < 1.29 is 9.90 Å². The van der Waals surface area contributed by atoms with Crippen molar-refractivity contribution >= 4 is 5.91 Å². The fraction of sp³-hybridized carbons (Fsp3) is 0.286. The van der Waals surface area contributed by atoms with Gasteiger partial charge in [0.2, 0.25) is 5.91 Å². The van der Waals surface area contributed by atoms with Gasteiger partial charge >= 0.3 is 0 Å². The lowest BCUT2D eigenvalue weighted by atomic mass is 10.5. The maximum absolute atomic E-state index is 10.6. The number of carbonyl (C=O) groups is 1. The Hall–Kier alpha value is -1.25. The normalized spacial score (nSPS) is 10.9. The molecule has 0 aromatic rings. The van der Waals surface area contributed by atoms with Gasteiger partial charge in [0.1, 0.15) is 0 Å². The lowest BCUT2D eigenvalue weighted by Gasteiger charge is -1.93. The molecule has 0 saturated carbocycles. The second kappa shape index (κ2) is 5.88. The number of amides is 1. The molecule has 0 rings (SSSR count). The summed E-state index contributed by atoms with van der Waals surface area (Å²) in [7, 11) is 0. The first-order chi connectivity index (χ1) is 4.81. The maximum atomic E-state index is 10.6. The van der Waals surface area contributed by atoms with Crippen LogP contribution in [0.4, 0.5) is 0 Å². The van der Waals surface area contributed by atoms with Gasteiger partial charge in [-0.25, -0.2) is 0 Å². The number of allylic oxidation sites excluding steroid dienone is 1. The molecule has 56 valence electrons. The first-order valence-corrected chi connectivity index (χ1v) is 3.01. The van der Waals surface area contributed by atoms with E-state index in [1.807, 2.05) is 0 Å². The summed E-state index contributed by atoms with van der Waals surface area (Å²) in [6, 6.07) is 0. The minimum absolute atomic E-state index is 0.152. The molecule has 0 aromatic carbocycles. The van der Waals surface area contributed by atoms with Crippen LogP contribution in [0.1, 0.15) is 6.92 Å². The standard InChI is InChI=1S/C7H11NO2/c1-2-4-7(10)8-5-3-6-9/h2-4,6,9H,5H2,1H3,(H,8,10). The molecule has 0 spiro atoms. The van der Waals surface area contributed by atoms with Crippen LogP contribution in [0.2, 0.25) is 0 Å². The lowest BCUT2D eigenvalue weighted by molar-refractivity contribution is -0.116. The van der Waals surface area contributed by atoms with Gasteiger partial charge in [-0.05, 0) is 19.1 Å². The van der Waals surface area contributed by atoms with Gasteiger partial charge < -0.3 is 10.4 Å². The van der Waals surface area contributed by atoms with Crippen molar-refractivity contribution in [1.82, 2.24) is 5.32 Å². The Morgan fingerprint density at radius 1 is 1.70 bits per heavy atom. The summed E-state index contributed by atoms with van der Waals surface area (Å²) in [6.07, 6.45) is 5.42. The van der Waals surface area contributed by atoms with Gasteiger partial charge in [0, 0.05) is 6.54 Å². The molecule has 3 nitrogen and oxygen atoms in total. The molecule has 0 saturated heterocycles. The van der Waals surface area contributed by atoms with E-state index >= 15 is 0 Å². The summed E-state index contributed by atoms with van der Waals surface area (Å²) in [6.45, 7) is 2.13. The molecule has 0 aliphatic carbocycles. The third-order valence-electron chi connectivity index (χ3n) is 0.818. The number of aliphatic hydroxyl groups is 1. The highest BCUT2D eigenvalue weighted by atomic mass is 16.2. The summed E-state index contributed by atoms with van der Waals surface area (Å²) in [5, 5.41) is 10.7. The fourth-order valence-electron chi connectivity index (χ4n) is 0.423. The van der Waals surface area contributed by atoms with E-state index in [-0.39, 0.29) is 5.91 Å². The van der Waals surface area contributed by atoms with Crippen LogP contribution in [0.15, 0.2) is 24.5 Å². The molecule has 0 aliphatic rings. The third kappa shape index (κ3) is 4.90. The smallest absolute Gasteiger partial charge is 0.243 e. The summed E-state index contributed by atoms with van der Waals surface area (Å²) in [5.74, 6) is -0.152. The van der Waals surface area contributed by atoms with Gasteiger partial charge in [-0.3, -0.25) is 4.79 Å². The largest absolute Gasteiger partial charge is 0.516 e. The first kappa shape index (κ1) is 8.75. The highest BCUT2D eigenvalue weighted by Crippen LogP contribution is 1.71. The molecule has 0 radical (unpaired) electrons. The van der Waals surface area contributed by atoms with Crippen LogP contribution in [0.3, 0.4) is 0 Å². The van der Waals surface area contributed by atoms with Crippen LogP contribution in [-0.4, -0.2) is 17.6 Å². The predicted molar refractivity (Wildman–Crippen MR) is 39.6 cm³/mol. The monoisotopic (exact) mass is 141 g/mol. The zero-order chi connectivity index (χ0) is 7.82. The molecule has 0 atom stereocenters. The molecule has 0 bridgehead atoms. The maximum Gasteiger partial charge on any atom is 0.243 e. The Morgan fingerprint density at radius 2 is 2.40 bits per heavy atom. The van der Waals surface area contributed by atoms with Gasteiger partial charge in [0.05, 0.1) is 6.26 Å². The fourth-order valence-corrected chi connectivity index (χ4v) is 0.423. The highest BCUT2D eigenvalue weighted by Gasteiger charge is 1.87. The topological polar surface area (TPSA) is 49.3 Å². The van der Waals surface area contributed by atoms with E-state index in [2.05, 4.69) is 5.32 Å². The number of aliphatic hydroxyl groups excluding tert-OH is 1. The van der Waals surface area contributed by atoms with Gasteiger partial charge in [0.25, 0.3) is 0 Å². The zero-order valence-electron chi connectivity index (χ0n) is 5.87. The molecule has 1 amide bonds. The van der Waals surface area contributed by atoms with Crippen LogP contribution in [-0.2, 0) is 4.79 Å². The van der Waals surface area contributed by atoms with E-state index in [1.165, 1.54) is 12.2 Å². The number of nitrogens with one attached hydrogen (secondary N) is 1. The van der Waals surface area contributed by atoms with Gasteiger partial charge in [-0.1, -0.05) is 6.08 Å². The molecule has 10 heavy (non-hydrogen) atoms. The van der Waals surface area contributed by atoms with Crippen LogP contribution in [0.5, 0.6) is 0 Å². The number of hydrogen-bond donors (Lipinski definition) is 2. The average molecular weight is 141 g/mol. The molecule has 0 aliphatic heterocycles. The molecule has 0 heterocycles. The third-order valence-corrected chi connectivity index (χ3v) is 0.818.